The number of ketones is 1. The second-order valence-corrected chi connectivity index (χ2v) is 5.72. The first-order chi connectivity index (χ1) is 4.31. The molecular weight excluding hydrogens is 152 g/mol. The van der Waals surface area contributed by atoms with Gasteiger partial charge in [0.15, 0.2) is 0 Å². The van der Waals surface area contributed by atoms with E-state index in [2.05, 4.69) is 0 Å². The molecule has 2 fully saturated rings. The quantitative estimate of drug-likeness (QED) is 0.535. The number of hydrogen-bond donors (Lipinski definition) is 0. The Morgan fingerprint density at radius 2 is 1.78 bits per heavy atom. The van der Waals surface area contributed by atoms with Crippen LogP contribution >= 0.6 is 23.5 Å². The van der Waals surface area contributed by atoms with Gasteiger partial charge in [0.05, 0.1) is 4.08 Å². The minimum absolute atomic E-state index is 0.372. The molecule has 0 bridgehead atoms. The van der Waals surface area contributed by atoms with Crippen LogP contribution in [0.15, 0.2) is 0 Å². The number of thioether (sulfide) groups is 2. The normalized spacial score (nSPS) is 30.9. The van der Waals surface area contributed by atoms with Crippen molar-refractivity contribution in [2.45, 2.75) is 16.9 Å². The van der Waals surface area contributed by atoms with E-state index in [4.69, 9.17) is 0 Å². The van der Waals surface area contributed by atoms with Crippen molar-refractivity contribution in [1.29, 1.82) is 0 Å². The average molecular weight is 160 g/mol. The van der Waals surface area contributed by atoms with Crippen molar-refractivity contribution in [2.24, 2.45) is 0 Å². The third kappa shape index (κ3) is 0.905. The van der Waals surface area contributed by atoms with E-state index in [1.54, 1.807) is 0 Å². The van der Waals surface area contributed by atoms with Crippen molar-refractivity contribution >= 4 is 29.3 Å². The molecule has 1 saturated heterocycles. The summed E-state index contributed by atoms with van der Waals surface area (Å²) in [5, 5.41) is 0. The average Bonchev–Trinajstić information content (AvgIpc) is 2.12. The van der Waals surface area contributed by atoms with E-state index in [1.807, 2.05) is 23.5 Å². The molecule has 0 aromatic rings. The molecule has 0 amide bonds. The molecule has 1 nitrogen and oxygen atoms in total. The Labute approximate surface area is 63.0 Å². The maximum Gasteiger partial charge on any atom is 0.137 e. The third-order valence-corrected chi connectivity index (χ3v) is 5.16. The van der Waals surface area contributed by atoms with Crippen LogP contribution in [-0.4, -0.2) is 21.4 Å². The zero-order valence-corrected chi connectivity index (χ0v) is 6.69. The zero-order valence-electron chi connectivity index (χ0n) is 5.05. The molecule has 0 aromatic heterocycles. The van der Waals surface area contributed by atoms with Crippen LogP contribution in [0.4, 0.5) is 0 Å². The molecule has 0 radical (unpaired) electrons. The van der Waals surface area contributed by atoms with Gasteiger partial charge >= 0.3 is 0 Å². The van der Waals surface area contributed by atoms with Crippen molar-refractivity contribution in [1.82, 2.24) is 0 Å². The van der Waals surface area contributed by atoms with Crippen molar-refractivity contribution < 1.29 is 4.79 Å². The number of hydrogen-bond acceptors (Lipinski definition) is 3. The first-order valence-electron chi connectivity index (χ1n) is 3.10. The molecule has 9 heavy (non-hydrogen) atoms. The van der Waals surface area contributed by atoms with Crippen LogP contribution in [0.5, 0.6) is 0 Å². The molecule has 0 aromatic carbocycles. The maximum atomic E-state index is 10.6. The predicted molar refractivity (Wildman–Crippen MR) is 41.9 cm³/mol. The van der Waals surface area contributed by atoms with Gasteiger partial charge < -0.3 is 0 Å². The summed E-state index contributed by atoms with van der Waals surface area (Å²) in [6, 6.07) is 0. The van der Waals surface area contributed by atoms with Crippen LogP contribution in [-0.2, 0) is 4.79 Å². The van der Waals surface area contributed by atoms with Crippen LogP contribution in [0.1, 0.15) is 12.8 Å². The van der Waals surface area contributed by atoms with E-state index in [-0.39, 0.29) is 0 Å². The Kier molecular flexibility index (Phi) is 1.31. The molecule has 1 heterocycles. The summed E-state index contributed by atoms with van der Waals surface area (Å²) in [7, 11) is 0. The number of carbonyl (C=O) groups is 1. The van der Waals surface area contributed by atoms with Gasteiger partial charge in [-0.1, -0.05) is 0 Å². The van der Waals surface area contributed by atoms with Crippen molar-refractivity contribution in [3.05, 3.63) is 0 Å². The van der Waals surface area contributed by atoms with Gasteiger partial charge in [0.25, 0.3) is 0 Å². The topological polar surface area (TPSA) is 17.1 Å². The highest BCUT2D eigenvalue weighted by Gasteiger charge is 2.46. The van der Waals surface area contributed by atoms with Crippen LogP contribution in [0.3, 0.4) is 0 Å². The lowest BCUT2D eigenvalue weighted by molar-refractivity contribution is -0.123. The van der Waals surface area contributed by atoms with E-state index in [1.165, 1.54) is 11.5 Å². The summed E-state index contributed by atoms with van der Waals surface area (Å²) >= 11 is 3.95. The molecule has 0 unspecified atom stereocenters. The highest BCUT2D eigenvalue weighted by atomic mass is 32.2. The lowest BCUT2D eigenvalue weighted by Crippen LogP contribution is -2.36. The first kappa shape index (κ1) is 6.10. The predicted octanol–water partition coefficient (Wildman–Crippen LogP) is 1.53. The Bertz CT molecular complexity index is 139. The Balaban J connectivity index is 2.03. The largest absolute Gasteiger partial charge is 0.300 e. The minimum atomic E-state index is 0.372. The summed E-state index contributed by atoms with van der Waals surface area (Å²) in [5.41, 5.74) is 0. The molecule has 1 saturated carbocycles. The second-order valence-electron chi connectivity index (χ2n) is 2.50. The highest BCUT2D eigenvalue weighted by molar-refractivity contribution is 8.21. The molecule has 3 heteroatoms. The number of Topliss-reactive ketones (excluding diaryl/α,β-unsaturated/α-hetero) is 1. The van der Waals surface area contributed by atoms with E-state index in [0.717, 1.165) is 12.8 Å². The zero-order chi connectivity index (χ0) is 6.32. The van der Waals surface area contributed by atoms with Crippen molar-refractivity contribution in [2.75, 3.05) is 11.5 Å². The van der Waals surface area contributed by atoms with Gasteiger partial charge in [-0.15, -0.1) is 23.5 Å². The third-order valence-electron chi connectivity index (χ3n) is 1.75. The Hall–Kier alpha value is 0.370. The molecule has 0 atom stereocenters. The van der Waals surface area contributed by atoms with Gasteiger partial charge in [-0.05, 0) is 0 Å². The smallest absolute Gasteiger partial charge is 0.137 e. The summed E-state index contributed by atoms with van der Waals surface area (Å²) in [5.74, 6) is 2.95. The standard InChI is InChI=1S/C6H8OS2/c7-5-3-6(4-5)8-1-2-9-6/h1-4H2. The van der Waals surface area contributed by atoms with Crippen LogP contribution in [0, 0.1) is 0 Å². The van der Waals surface area contributed by atoms with Gasteiger partial charge in [-0.3, -0.25) is 4.79 Å². The van der Waals surface area contributed by atoms with E-state index < -0.39 is 0 Å². The van der Waals surface area contributed by atoms with Gasteiger partial charge in [0, 0.05) is 24.3 Å². The van der Waals surface area contributed by atoms with Gasteiger partial charge in [0.1, 0.15) is 5.78 Å². The van der Waals surface area contributed by atoms with Crippen LogP contribution < -0.4 is 0 Å². The lowest BCUT2D eigenvalue weighted by Gasteiger charge is -2.34. The monoisotopic (exact) mass is 160 g/mol. The summed E-state index contributed by atoms with van der Waals surface area (Å²) in [4.78, 5) is 10.6. The molecule has 2 aliphatic rings. The fourth-order valence-electron chi connectivity index (χ4n) is 1.25. The Morgan fingerprint density at radius 1 is 1.22 bits per heavy atom. The van der Waals surface area contributed by atoms with Crippen molar-refractivity contribution in [3.63, 3.8) is 0 Å². The molecular formula is C6H8OS2. The summed E-state index contributed by atoms with van der Waals surface area (Å²) < 4.78 is 0.372. The fraction of sp³-hybridized carbons (Fsp3) is 0.833. The summed E-state index contributed by atoms with van der Waals surface area (Å²) in [6.45, 7) is 0. The number of carbonyl (C=O) groups excluding carboxylic acids is 1. The lowest BCUT2D eigenvalue weighted by atomic mass is 9.97. The molecule has 0 N–H and O–H groups in total. The van der Waals surface area contributed by atoms with Crippen molar-refractivity contribution in [3.8, 4) is 0 Å². The minimum Gasteiger partial charge on any atom is -0.300 e. The SMILES string of the molecule is O=C1CC2(C1)SCCS2. The van der Waals surface area contributed by atoms with E-state index in [0.29, 0.717) is 9.86 Å². The fourth-order valence-corrected chi connectivity index (χ4v) is 4.55. The maximum absolute atomic E-state index is 10.6. The van der Waals surface area contributed by atoms with E-state index in [9.17, 15) is 4.79 Å². The van der Waals surface area contributed by atoms with Gasteiger partial charge in [0.2, 0.25) is 0 Å². The molecule has 1 aliphatic heterocycles. The van der Waals surface area contributed by atoms with E-state index >= 15 is 0 Å². The molecule has 2 rings (SSSR count). The summed E-state index contributed by atoms with van der Waals surface area (Å²) in [6.07, 6.45) is 1.67. The number of rotatable bonds is 0. The van der Waals surface area contributed by atoms with Gasteiger partial charge in [-0.2, -0.15) is 0 Å². The Morgan fingerprint density at radius 3 is 2.22 bits per heavy atom. The second kappa shape index (κ2) is 1.92. The first-order valence-corrected chi connectivity index (χ1v) is 5.08. The van der Waals surface area contributed by atoms with Gasteiger partial charge in [-0.25, -0.2) is 0 Å². The molecule has 1 spiro atoms. The van der Waals surface area contributed by atoms with Crippen LogP contribution in [0.25, 0.3) is 0 Å². The molecule has 50 valence electrons. The molecule has 1 aliphatic carbocycles. The highest BCUT2D eigenvalue weighted by Crippen LogP contribution is 2.54. The van der Waals surface area contributed by atoms with Crippen LogP contribution in [0.2, 0.25) is 0 Å².